The third-order valence-electron chi connectivity index (χ3n) is 6.17. The Morgan fingerprint density at radius 1 is 0.865 bits per heavy atom. The molecule has 0 atom stereocenters. The van der Waals surface area contributed by atoms with Crippen molar-refractivity contribution in [1.29, 1.82) is 0 Å². The number of benzene rings is 1. The van der Waals surface area contributed by atoms with Gasteiger partial charge in [0.1, 0.15) is 21.3 Å². The summed E-state index contributed by atoms with van der Waals surface area (Å²) in [7, 11) is -3.17. The molecule has 10 heteroatoms. The molecular weight excluding hydrogens is 491 g/mol. The Kier molecular flexibility index (Phi) is 5.53. The van der Waals surface area contributed by atoms with Crippen LogP contribution < -0.4 is 0 Å². The number of hydrogen-bond acceptors (Lipinski definition) is 6. The van der Waals surface area contributed by atoms with Crippen LogP contribution in [0.4, 0.5) is 4.39 Å². The van der Waals surface area contributed by atoms with E-state index in [1.165, 1.54) is 18.4 Å². The van der Waals surface area contributed by atoms with Gasteiger partial charge in [-0.15, -0.1) is 0 Å². The molecule has 2 N–H and O–H groups in total. The zero-order valence-corrected chi connectivity index (χ0v) is 20.6. The molecule has 0 fully saturated rings. The molecule has 5 aromatic heterocycles. The van der Waals surface area contributed by atoms with Gasteiger partial charge in [-0.1, -0.05) is 6.07 Å². The fourth-order valence-electron chi connectivity index (χ4n) is 4.42. The van der Waals surface area contributed by atoms with Crippen LogP contribution in [-0.2, 0) is 16.3 Å². The van der Waals surface area contributed by atoms with E-state index in [0.29, 0.717) is 22.5 Å². The number of pyridine rings is 3. The smallest absolute Gasteiger partial charge is 0.147 e. The topological polar surface area (TPSA) is 117 Å². The number of aryl methyl sites for hydroxylation is 1. The number of nitrogens with zero attached hydrogens (tertiary/aromatic N) is 4. The normalized spacial score (nSPS) is 11.9. The lowest BCUT2D eigenvalue weighted by Gasteiger charge is -2.07. The SMILES string of the molecule is CS(=O)(=O)CCc1cc(F)cc(-c2nccc3[nH]c(-c4n[nH]c5cnc(-c6ccccn6)cc45)cc23)c1. The van der Waals surface area contributed by atoms with E-state index in [-0.39, 0.29) is 12.2 Å². The lowest BCUT2D eigenvalue weighted by Crippen LogP contribution is -2.06. The fourth-order valence-corrected chi connectivity index (χ4v) is 5.03. The molecule has 5 heterocycles. The summed E-state index contributed by atoms with van der Waals surface area (Å²) in [6, 6.07) is 16.0. The van der Waals surface area contributed by atoms with Crippen LogP contribution in [0.1, 0.15) is 5.56 Å². The molecule has 0 amide bonds. The average molecular weight is 513 g/mol. The monoisotopic (exact) mass is 512 g/mol. The maximum absolute atomic E-state index is 14.5. The van der Waals surface area contributed by atoms with Gasteiger partial charge in [-0.05, 0) is 60.5 Å². The second kappa shape index (κ2) is 8.90. The molecule has 6 aromatic rings. The number of sulfone groups is 1. The first kappa shape index (κ1) is 23.0. The number of halogens is 1. The summed E-state index contributed by atoms with van der Waals surface area (Å²) in [5, 5.41) is 9.23. The maximum Gasteiger partial charge on any atom is 0.147 e. The number of rotatable bonds is 6. The van der Waals surface area contributed by atoms with Gasteiger partial charge in [-0.2, -0.15) is 5.10 Å². The van der Waals surface area contributed by atoms with Crippen molar-refractivity contribution >= 4 is 31.6 Å². The van der Waals surface area contributed by atoms with E-state index in [9.17, 15) is 12.8 Å². The number of aromatic amines is 2. The van der Waals surface area contributed by atoms with Crippen LogP contribution >= 0.6 is 0 Å². The van der Waals surface area contributed by atoms with Crippen LogP contribution in [0.2, 0.25) is 0 Å². The minimum absolute atomic E-state index is 0.0522. The van der Waals surface area contributed by atoms with Gasteiger partial charge in [0.2, 0.25) is 0 Å². The van der Waals surface area contributed by atoms with E-state index >= 15 is 0 Å². The summed E-state index contributed by atoms with van der Waals surface area (Å²) >= 11 is 0. The second-order valence-corrected chi connectivity index (χ2v) is 11.2. The summed E-state index contributed by atoms with van der Waals surface area (Å²) in [4.78, 5) is 16.8. The maximum atomic E-state index is 14.5. The molecule has 0 saturated heterocycles. The quantitative estimate of drug-likeness (QED) is 0.326. The highest BCUT2D eigenvalue weighted by Crippen LogP contribution is 2.34. The molecule has 8 nitrogen and oxygen atoms in total. The van der Waals surface area contributed by atoms with Crippen molar-refractivity contribution in [3.63, 3.8) is 0 Å². The number of hydrogen-bond donors (Lipinski definition) is 2. The van der Waals surface area contributed by atoms with Crippen molar-refractivity contribution in [3.8, 4) is 34.0 Å². The van der Waals surface area contributed by atoms with Gasteiger partial charge in [-0.25, -0.2) is 12.8 Å². The van der Waals surface area contributed by atoms with Crippen molar-refractivity contribution < 1.29 is 12.8 Å². The van der Waals surface area contributed by atoms with Gasteiger partial charge in [-0.3, -0.25) is 20.1 Å². The lowest BCUT2D eigenvalue weighted by atomic mass is 10.0. The molecule has 184 valence electrons. The van der Waals surface area contributed by atoms with E-state index in [2.05, 4.69) is 30.1 Å². The Morgan fingerprint density at radius 2 is 1.73 bits per heavy atom. The number of nitrogens with one attached hydrogen (secondary N) is 2. The van der Waals surface area contributed by atoms with E-state index in [4.69, 9.17) is 0 Å². The first-order chi connectivity index (χ1) is 17.8. The van der Waals surface area contributed by atoms with Crippen LogP contribution in [0.5, 0.6) is 0 Å². The number of aromatic nitrogens is 6. The summed E-state index contributed by atoms with van der Waals surface area (Å²) < 4.78 is 37.7. The summed E-state index contributed by atoms with van der Waals surface area (Å²) in [5.74, 6) is -0.493. The van der Waals surface area contributed by atoms with Crippen LogP contribution in [0.15, 0.2) is 73.2 Å². The predicted octanol–water partition coefficient (Wildman–Crippen LogP) is 4.96. The van der Waals surface area contributed by atoms with E-state index in [1.807, 2.05) is 36.4 Å². The molecule has 0 bridgehead atoms. The largest absolute Gasteiger partial charge is 0.353 e. The third-order valence-corrected chi connectivity index (χ3v) is 7.12. The number of fused-ring (bicyclic) bond motifs is 2. The van der Waals surface area contributed by atoms with Crippen molar-refractivity contribution in [3.05, 3.63) is 84.6 Å². The lowest BCUT2D eigenvalue weighted by molar-refractivity contribution is 0.600. The Bertz CT molecular complexity index is 1880. The Hall–Kier alpha value is -4.44. The van der Waals surface area contributed by atoms with Crippen LogP contribution in [-0.4, -0.2) is 50.6 Å². The zero-order chi connectivity index (χ0) is 25.6. The van der Waals surface area contributed by atoms with E-state index in [0.717, 1.165) is 38.9 Å². The van der Waals surface area contributed by atoms with Gasteiger partial charge >= 0.3 is 0 Å². The predicted molar refractivity (Wildman–Crippen MR) is 141 cm³/mol. The second-order valence-electron chi connectivity index (χ2n) is 8.93. The molecule has 0 aliphatic heterocycles. The summed E-state index contributed by atoms with van der Waals surface area (Å²) in [6.07, 6.45) is 6.51. The molecule has 0 spiro atoms. The van der Waals surface area contributed by atoms with Gasteiger partial charge in [0.25, 0.3) is 0 Å². The highest BCUT2D eigenvalue weighted by Gasteiger charge is 2.16. The van der Waals surface area contributed by atoms with Crippen molar-refractivity contribution in [2.75, 3.05) is 12.0 Å². The zero-order valence-electron chi connectivity index (χ0n) is 19.7. The summed E-state index contributed by atoms with van der Waals surface area (Å²) in [5.41, 5.74) is 6.34. The van der Waals surface area contributed by atoms with Crippen LogP contribution in [0, 0.1) is 5.82 Å². The standard InChI is InChI=1S/C27H21FN6O2S/c1-37(35,36)9-6-16-10-17(12-18(28)11-16)26-19-14-24(32-21(19)5-8-30-26)27-20-13-23(22-4-2-3-7-29-22)31-15-25(20)33-34-27/h2-5,7-8,10-15,32H,6,9H2,1H3,(H,33,34). The third kappa shape index (κ3) is 4.58. The van der Waals surface area contributed by atoms with Gasteiger partial charge in [0.15, 0.2) is 0 Å². The minimum Gasteiger partial charge on any atom is -0.353 e. The molecule has 1 aromatic carbocycles. The first-order valence-corrected chi connectivity index (χ1v) is 13.6. The molecule has 6 rings (SSSR count). The first-order valence-electron chi connectivity index (χ1n) is 11.6. The van der Waals surface area contributed by atoms with E-state index < -0.39 is 15.7 Å². The van der Waals surface area contributed by atoms with Crippen molar-refractivity contribution in [2.45, 2.75) is 6.42 Å². The summed E-state index contributed by atoms with van der Waals surface area (Å²) in [6.45, 7) is 0. The van der Waals surface area contributed by atoms with E-state index in [1.54, 1.807) is 24.7 Å². The fraction of sp³-hybridized carbons (Fsp3) is 0.111. The molecule has 0 unspecified atom stereocenters. The van der Waals surface area contributed by atoms with Gasteiger partial charge in [0, 0.05) is 40.5 Å². The highest BCUT2D eigenvalue weighted by molar-refractivity contribution is 7.90. The van der Waals surface area contributed by atoms with Crippen LogP contribution in [0.25, 0.3) is 55.8 Å². The van der Waals surface area contributed by atoms with Gasteiger partial charge < -0.3 is 4.98 Å². The highest BCUT2D eigenvalue weighted by atomic mass is 32.2. The Balaban J connectivity index is 1.44. The molecule has 0 saturated carbocycles. The number of H-pyrrole nitrogens is 2. The molecule has 0 aliphatic rings. The Morgan fingerprint density at radius 3 is 2.54 bits per heavy atom. The average Bonchev–Trinajstić information content (AvgIpc) is 3.51. The van der Waals surface area contributed by atoms with Gasteiger partial charge in [0.05, 0.1) is 40.2 Å². The molecule has 37 heavy (non-hydrogen) atoms. The van der Waals surface area contributed by atoms with Crippen LogP contribution in [0.3, 0.4) is 0 Å². The molecule has 0 aliphatic carbocycles. The molecular formula is C27H21FN6O2S. The molecule has 0 radical (unpaired) electrons. The van der Waals surface area contributed by atoms with Crippen molar-refractivity contribution in [1.82, 2.24) is 30.1 Å². The minimum atomic E-state index is -3.17. The van der Waals surface area contributed by atoms with Crippen molar-refractivity contribution in [2.24, 2.45) is 0 Å². The Labute approximate surface area is 211 Å².